The van der Waals surface area contributed by atoms with Crippen LogP contribution in [0.4, 0.5) is 4.39 Å². The molecule has 0 N–H and O–H groups in total. The van der Waals surface area contributed by atoms with Gasteiger partial charge in [0.1, 0.15) is 17.3 Å². The summed E-state index contributed by atoms with van der Waals surface area (Å²) in [4.78, 5) is 14.7. The van der Waals surface area contributed by atoms with Gasteiger partial charge in [0.15, 0.2) is 0 Å². The van der Waals surface area contributed by atoms with Gasteiger partial charge in [0.2, 0.25) is 0 Å². The molecule has 0 fully saturated rings. The topological polar surface area (TPSA) is 47.4 Å². The minimum absolute atomic E-state index is 0.180. The second-order valence-electron chi connectivity index (χ2n) is 5.94. The van der Waals surface area contributed by atoms with Gasteiger partial charge in [0.05, 0.1) is 13.7 Å². The smallest absolute Gasteiger partial charge is 0.272 e. The van der Waals surface area contributed by atoms with Crippen molar-refractivity contribution in [2.24, 2.45) is 7.05 Å². The highest BCUT2D eigenvalue weighted by atomic mass is 19.1. The van der Waals surface area contributed by atoms with E-state index in [1.54, 1.807) is 43.5 Å². The van der Waals surface area contributed by atoms with Crippen LogP contribution in [-0.2, 0) is 20.1 Å². The van der Waals surface area contributed by atoms with Crippen molar-refractivity contribution < 1.29 is 13.9 Å². The van der Waals surface area contributed by atoms with Crippen LogP contribution in [0.3, 0.4) is 0 Å². The summed E-state index contributed by atoms with van der Waals surface area (Å²) in [6.45, 7) is 0.615. The minimum atomic E-state index is -0.326. The summed E-state index contributed by atoms with van der Waals surface area (Å²) < 4.78 is 20.5. The van der Waals surface area contributed by atoms with Gasteiger partial charge >= 0.3 is 0 Å². The fourth-order valence-corrected chi connectivity index (χ4v) is 2.84. The van der Waals surface area contributed by atoms with Crippen LogP contribution in [0.2, 0.25) is 0 Å². The Morgan fingerprint density at radius 3 is 2.65 bits per heavy atom. The highest BCUT2D eigenvalue weighted by Gasteiger charge is 2.21. The zero-order chi connectivity index (χ0) is 18.5. The summed E-state index contributed by atoms with van der Waals surface area (Å²) >= 11 is 0. The summed E-state index contributed by atoms with van der Waals surface area (Å²) in [5.41, 5.74) is 2.06. The quantitative estimate of drug-likeness (QED) is 0.682. The molecule has 0 saturated carbocycles. The van der Waals surface area contributed by atoms with Crippen LogP contribution < -0.4 is 4.74 Å². The van der Waals surface area contributed by atoms with Gasteiger partial charge in [-0.15, -0.1) is 0 Å². The molecule has 6 heteroatoms. The molecule has 5 nitrogen and oxygen atoms in total. The first-order valence-corrected chi connectivity index (χ1v) is 8.22. The number of aryl methyl sites for hydroxylation is 1. The lowest BCUT2D eigenvalue weighted by Crippen LogP contribution is -2.31. The fourth-order valence-electron chi connectivity index (χ4n) is 2.84. The van der Waals surface area contributed by atoms with E-state index in [0.29, 0.717) is 18.0 Å². The molecule has 1 heterocycles. The molecule has 0 radical (unpaired) electrons. The van der Waals surface area contributed by atoms with Crippen LogP contribution >= 0.6 is 0 Å². The van der Waals surface area contributed by atoms with Crippen molar-refractivity contribution in [3.63, 3.8) is 0 Å². The fraction of sp³-hybridized carbons (Fsp3) is 0.200. The lowest BCUT2D eigenvalue weighted by molar-refractivity contribution is 0.0717. The van der Waals surface area contributed by atoms with Crippen molar-refractivity contribution in [1.82, 2.24) is 14.7 Å². The standard InChI is InChI=1S/C20H20FN3O2/c1-23-18(10-11-22-23)20(25)24(13-15-6-5-8-17(21)12-15)14-16-7-3-4-9-19(16)26-2/h3-12H,13-14H2,1-2H3. The zero-order valence-electron chi connectivity index (χ0n) is 14.7. The van der Waals surface area contributed by atoms with Gasteiger partial charge in [-0.25, -0.2) is 4.39 Å². The Kier molecular flexibility index (Phi) is 5.31. The van der Waals surface area contributed by atoms with Gasteiger partial charge in [0.25, 0.3) is 5.91 Å². The van der Waals surface area contributed by atoms with E-state index in [9.17, 15) is 9.18 Å². The van der Waals surface area contributed by atoms with Crippen LogP contribution in [-0.4, -0.2) is 27.7 Å². The van der Waals surface area contributed by atoms with Gasteiger partial charge in [-0.05, 0) is 29.8 Å². The SMILES string of the molecule is COc1ccccc1CN(Cc1cccc(F)c1)C(=O)c1ccnn1C. The second-order valence-corrected chi connectivity index (χ2v) is 5.94. The van der Waals surface area contributed by atoms with Gasteiger partial charge in [-0.3, -0.25) is 9.48 Å². The van der Waals surface area contributed by atoms with E-state index in [1.165, 1.54) is 16.8 Å². The number of para-hydroxylation sites is 1. The Morgan fingerprint density at radius 1 is 1.15 bits per heavy atom. The molecule has 1 aromatic heterocycles. The number of nitrogens with zero attached hydrogens (tertiary/aromatic N) is 3. The van der Waals surface area contributed by atoms with E-state index in [-0.39, 0.29) is 18.3 Å². The third kappa shape index (κ3) is 3.91. The Bertz CT molecular complexity index is 907. The number of carbonyl (C=O) groups is 1. The number of hydrogen-bond donors (Lipinski definition) is 0. The number of rotatable bonds is 6. The number of halogens is 1. The van der Waals surface area contributed by atoms with Crippen molar-refractivity contribution in [1.29, 1.82) is 0 Å². The molecule has 2 aromatic carbocycles. The monoisotopic (exact) mass is 353 g/mol. The molecule has 1 amide bonds. The Morgan fingerprint density at radius 2 is 1.96 bits per heavy atom. The maximum absolute atomic E-state index is 13.6. The van der Waals surface area contributed by atoms with Gasteiger partial charge in [-0.2, -0.15) is 5.10 Å². The molecule has 0 aliphatic rings. The van der Waals surface area contributed by atoms with Gasteiger partial charge < -0.3 is 9.64 Å². The molecule has 134 valence electrons. The summed E-state index contributed by atoms with van der Waals surface area (Å²) in [5.74, 6) is 0.197. The third-order valence-electron chi connectivity index (χ3n) is 4.14. The number of carbonyl (C=O) groups excluding carboxylic acids is 1. The highest BCUT2D eigenvalue weighted by Crippen LogP contribution is 2.22. The average molecular weight is 353 g/mol. The predicted octanol–water partition coefficient (Wildman–Crippen LogP) is 3.41. The number of benzene rings is 2. The molecule has 0 unspecified atom stereocenters. The molecule has 0 bridgehead atoms. The Labute approximate surface area is 151 Å². The normalized spacial score (nSPS) is 10.6. The Hall–Kier alpha value is -3.15. The number of methoxy groups -OCH3 is 1. The largest absolute Gasteiger partial charge is 0.496 e. The number of aromatic nitrogens is 2. The molecular formula is C20H20FN3O2. The maximum Gasteiger partial charge on any atom is 0.272 e. The second kappa shape index (κ2) is 7.82. The van der Waals surface area contributed by atoms with Crippen LogP contribution in [0.25, 0.3) is 0 Å². The minimum Gasteiger partial charge on any atom is -0.496 e. The third-order valence-corrected chi connectivity index (χ3v) is 4.14. The van der Waals surface area contributed by atoms with E-state index >= 15 is 0 Å². The molecule has 0 aliphatic heterocycles. The van der Waals surface area contributed by atoms with Crippen LogP contribution in [0, 0.1) is 5.82 Å². The predicted molar refractivity (Wildman–Crippen MR) is 96.2 cm³/mol. The van der Waals surface area contributed by atoms with Crippen LogP contribution in [0.5, 0.6) is 5.75 Å². The summed E-state index contributed by atoms with van der Waals surface area (Å²) in [5, 5.41) is 4.07. The highest BCUT2D eigenvalue weighted by molar-refractivity contribution is 5.92. The van der Waals surface area contributed by atoms with Crippen LogP contribution in [0.1, 0.15) is 21.6 Å². The molecule has 3 aromatic rings. The van der Waals surface area contributed by atoms with Crippen molar-refractivity contribution in [2.45, 2.75) is 13.1 Å². The first-order chi connectivity index (χ1) is 12.6. The van der Waals surface area contributed by atoms with Gasteiger partial charge in [0, 0.05) is 25.4 Å². The van der Waals surface area contributed by atoms with Crippen molar-refractivity contribution >= 4 is 5.91 Å². The summed E-state index contributed by atoms with van der Waals surface area (Å²) in [6, 6.07) is 15.5. The lowest BCUT2D eigenvalue weighted by atomic mass is 10.1. The molecule has 0 spiro atoms. The number of ether oxygens (including phenoxy) is 1. The number of amides is 1. The van der Waals surface area contributed by atoms with E-state index in [2.05, 4.69) is 5.10 Å². The van der Waals surface area contributed by atoms with E-state index in [1.807, 2.05) is 24.3 Å². The van der Waals surface area contributed by atoms with Gasteiger partial charge in [-0.1, -0.05) is 30.3 Å². The summed E-state index contributed by atoms with van der Waals surface area (Å²) in [6.07, 6.45) is 1.58. The molecular weight excluding hydrogens is 333 g/mol. The first kappa shape index (κ1) is 17.7. The molecule has 0 aliphatic carbocycles. The summed E-state index contributed by atoms with van der Waals surface area (Å²) in [7, 11) is 3.31. The van der Waals surface area contributed by atoms with E-state index in [4.69, 9.17) is 4.74 Å². The van der Waals surface area contributed by atoms with E-state index < -0.39 is 0 Å². The molecule has 0 saturated heterocycles. The van der Waals surface area contributed by atoms with Crippen molar-refractivity contribution in [3.05, 3.63) is 83.4 Å². The van der Waals surface area contributed by atoms with Crippen molar-refractivity contribution in [2.75, 3.05) is 7.11 Å². The Balaban J connectivity index is 1.93. The lowest BCUT2D eigenvalue weighted by Gasteiger charge is -2.24. The van der Waals surface area contributed by atoms with Crippen molar-refractivity contribution in [3.8, 4) is 5.75 Å². The molecule has 26 heavy (non-hydrogen) atoms. The number of hydrogen-bond acceptors (Lipinski definition) is 3. The average Bonchev–Trinajstić information content (AvgIpc) is 3.07. The first-order valence-electron chi connectivity index (χ1n) is 8.22. The molecule has 3 rings (SSSR count). The maximum atomic E-state index is 13.6. The van der Waals surface area contributed by atoms with E-state index in [0.717, 1.165) is 11.1 Å². The molecule has 0 atom stereocenters. The zero-order valence-corrected chi connectivity index (χ0v) is 14.7. The van der Waals surface area contributed by atoms with Crippen LogP contribution in [0.15, 0.2) is 60.8 Å².